The van der Waals surface area contributed by atoms with Crippen LogP contribution in [0.4, 0.5) is 0 Å². The molecule has 10 nitrogen and oxygen atoms in total. The number of ether oxygens (including phenoxy) is 2. The predicted molar refractivity (Wildman–Crippen MR) is 224 cm³/mol. The van der Waals surface area contributed by atoms with Crippen molar-refractivity contribution in [3.05, 3.63) is 0 Å². The number of carbonyl (C=O) groups excluding carboxylic acids is 1. The molecular formula is C33H78O10Si7. The molecule has 17 heteroatoms. The summed E-state index contributed by atoms with van der Waals surface area (Å²) in [6, 6.07) is 0. The van der Waals surface area contributed by atoms with Crippen molar-refractivity contribution in [3.63, 3.8) is 0 Å². The van der Waals surface area contributed by atoms with Gasteiger partial charge >= 0.3 is 0 Å². The summed E-state index contributed by atoms with van der Waals surface area (Å²) in [5.41, 5.74) is 0. The molecule has 0 aliphatic carbocycles. The van der Waals surface area contributed by atoms with Crippen LogP contribution in [0.5, 0.6) is 0 Å². The summed E-state index contributed by atoms with van der Waals surface area (Å²) >= 11 is 0. The van der Waals surface area contributed by atoms with E-state index in [1.807, 2.05) is 6.92 Å². The lowest BCUT2D eigenvalue weighted by atomic mass is 9.99. The second-order valence-electron chi connectivity index (χ2n) is 20.6. The number of hydrogen-bond acceptors (Lipinski definition) is 10. The van der Waals surface area contributed by atoms with Crippen LogP contribution in [0, 0.1) is 0 Å². The number of carbonyl (C=O) groups is 1. The van der Waals surface area contributed by atoms with Gasteiger partial charge in [-0.2, -0.15) is 0 Å². The minimum absolute atomic E-state index is 0.317. The third-order valence-corrected chi connectivity index (χ3v) is 13.7. The Morgan fingerprint density at radius 2 is 0.940 bits per heavy atom. The Hall–Kier alpha value is 0.828. The lowest BCUT2D eigenvalue weighted by Gasteiger charge is -2.51. The zero-order valence-electron chi connectivity index (χ0n) is 36.1. The lowest BCUT2D eigenvalue weighted by molar-refractivity contribution is -0.308. The number of hydrogen-bond donors (Lipinski definition) is 0. The van der Waals surface area contributed by atoms with Gasteiger partial charge in [-0.1, -0.05) is 0 Å². The van der Waals surface area contributed by atoms with E-state index in [9.17, 15) is 4.79 Å². The zero-order chi connectivity index (χ0) is 39.5. The second-order valence-corrected chi connectivity index (χ2v) is 51.9. The van der Waals surface area contributed by atoms with Crippen molar-refractivity contribution in [1.82, 2.24) is 0 Å². The molecule has 1 aliphatic heterocycles. The van der Waals surface area contributed by atoms with E-state index in [1.54, 1.807) is 0 Å². The first-order valence-electron chi connectivity index (χ1n) is 18.5. The first-order chi connectivity index (χ1) is 22.0. The van der Waals surface area contributed by atoms with Crippen LogP contribution in [0.3, 0.4) is 0 Å². The fraction of sp³-hybridized carbons (Fsp3) is 0.970. The second kappa shape index (κ2) is 18.2. The molecule has 0 aromatic rings. The standard InChI is InChI=1S/C33H78O10Si7/c1-25-28(40-47(11,12)13)31(42-49(17,18)19)32(43-50(20,21)22)33(36-25)37-29(26(23-34)38-45(5,6)7)30(41-48(14,15)16)27(39-46(8,9)10)24-35-44(2,3)4/h23,25-33H,24H2,1-22H3/t25-,26-,27+,28-,29+,30+,31+,32+,33-/m0/s1. The van der Waals surface area contributed by atoms with Crippen molar-refractivity contribution in [3.8, 4) is 0 Å². The molecule has 0 unspecified atom stereocenters. The topological polar surface area (TPSA) is 100 Å². The van der Waals surface area contributed by atoms with Crippen molar-refractivity contribution in [1.29, 1.82) is 0 Å². The Bertz CT molecular complexity index is 1040. The molecule has 9 atom stereocenters. The molecule has 1 saturated heterocycles. The fourth-order valence-corrected chi connectivity index (χ4v) is 12.7. The average molecular weight is 832 g/mol. The summed E-state index contributed by atoms with van der Waals surface area (Å²) in [5, 5.41) is 0. The molecule has 1 fully saturated rings. The van der Waals surface area contributed by atoms with Gasteiger partial charge in [-0.25, -0.2) is 0 Å². The van der Waals surface area contributed by atoms with Gasteiger partial charge in [0.05, 0.1) is 24.9 Å². The zero-order valence-corrected chi connectivity index (χ0v) is 43.1. The van der Waals surface area contributed by atoms with Gasteiger partial charge in [-0.15, -0.1) is 0 Å². The Balaban J connectivity index is 4.07. The summed E-state index contributed by atoms with van der Waals surface area (Å²) in [6.45, 7) is 47.5. The van der Waals surface area contributed by atoms with Crippen LogP contribution in [-0.4, -0.2) is 126 Å². The predicted octanol–water partition coefficient (Wildman–Crippen LogP) is 8.49. The van der Waals surface area contributed by atoms with Gasteiger partial charge in [0.15, 0.2) is 64.5 Å². The van der Waals surface area contributed by atoms with Crippen LogP contribution in [0.25, 0.3) is 0 Å². The maximum absolute atomic E-state index is 13.2. The monoisotopic (exact) mass is 830 g/mol. The highest BCUT2D eigenvalue weighted by atomic mass is 28.4. The van der Waals surface area contributed by atoms with Crippen LogP contribution in [0.1, 0.15) is 6.92 Å². The van der Waals surface area contributed by atoms with Gasteiger partial charge in [-0.05, 0) is 144 Å². The smallest absolute Gasteiger partial charge is 0.186 e. The van der Waals surface area contributed by atoms with E-state index in [0.29, 0.717) is 6.61 Å². The highest BCUT2D eigenvalue weighted by molar-refractivity contribution is 6.72. The van der Waals surface area contributed by atoms with Crippen molar-refractivity contribution in [2.24, 2.45) is 0 Å². The minimum atomic E-state index is -2.28. The minimum Gasteiger partial charge on any atom is -0.415 e. The van der Waals surface area contributed by atoms with E-state index in [4.69, 9.17) is 40.5 Å². The molecule has 0 spiro atoms. The van der Waals surface area contributed by atoms with E-state index in [0.717, 1.165) is 6.29 Å². The van der Waals surface area contributed by atoms with E-state index >= 15 is 0 Å². The molecule has 1 rings (SSSR count). The van der Waals surface area contributed by atoms with E-state index in [1.165, 1.54) is 0 Å². The Labute approximate surface area is 314 Å². The highest BCUT2D eigenvalue weighted by Crippen LogP contribution is 2.36. The average Bonchev–Trinajstić information content (AvgIpc) is 2.82. The maximum Gasteiger partial charge on any atom is 0.186 e. The Morgan fingerprint density at radius 1 is 0.520 bits per heavy atom. The molecule has 0 radical (unpaired) electrons. The van der Waals surface area contributed by atoms with Crippen LogP contribution in [0.15, 0.2) is 0 Å². The molecule has 0 saturated carbocycles. The fourth-order valence-electron chi connectivity index (χ4n) is 5.55. The third-order valence-electron chi connectivity index (χ3n) is 6.80. The van der Waals surface area contributed by atoms with Crippen LogP contribution in [-0.2, 0) is 45.3 Å². The van der Waals surface area contributed by atoms with E-state index in [2.05, 4.69) is 137 Å². The van der Waals surface area contributed by atoms with Crippen LogP contribution < -0.4 is 0 Å². The summed E-state index contributed by atoms with van der Waals surface area (Å²) in [7, 11) is -15.0. The van der Waals surface area contributed by atoms with Gasteiger partial charge in [-0.3, -0.25) is 0 Å². The first-order valence-corrected chi connectivity index (χ1v) is 42.3. The van der Waals surface area contributed by atoms with Crippen LogP contribution >= 0.6 is 0 Å². The van der Waals surface area contributed by atoms with Gasteiger partial charge in [0.1, 0.15) is 36.8 Å². The summed E-state index contributed by atoms with van der Waals surface area (Å²) in [4.78, 5) is 13.2. The number of aldehydes is 1. The van der Waals surface area contributed by atoms with Crippen molar-refractivity contribution in [2.45, 2.75) is 200 Å². The highest BCUT2D eigenvalue weighted by Gasteiger charge is 2.53. The maximum atomic E-state index is 13.2. The molecule has 0 aromatic carbocycles. The quantitative estimate of drug-likeness (QED) is 0.0828. The Kier molecular flexibility index (Phi) is 17.8. The molecule has 298 valence electrons. The van der Waals surface area contributed by atoms with Crippen LogP contribution in [0.2, 0.25) is 137 Å². The van der Waals surface area contributed by atoms with Crippen molar-refractivity contribution >= 4 is 64.5 Å². The van der Waals surface area contributed by atoms with E-state index < -0.39 is 101 Å². The Morgan fingerprint density at radius 3 is 1.32 bits per heavy atom. The first kappa shape index (κ1) is 48.8. The van der Waals surface area contributed by atoms with Crippen molar-refractivity contribution < 1.29 is 45.3 Å². The molecule has 0 bridgehead atoms. The largest absolute Gasteiger partial charge is 0.415 e. The SMILES string of the molecule is C[C@@H]1O[C@@H](O[C@@H]([C@H](O[Si](C)(C)C)[C@@H](CO[Si](C)(C)C)O[Si](C)(C)C)[C@H](C=O)O[Si](C)(C)C)[C@H](O[Si](C)(C)C)[C@H](O[Si](C)(C)C)[C@H]1O[Si](C)(C)C. The third kappa shape index (κ3) is 19.9. The van der Waals surface area contributed by atoms with E-state index in [-0.39, 0.29) is 12.2 Å². The number of rotatable bonds is 21. The summed E-state index contributed by atoms with van der Waals surface area (Å²) < 4.78 is 62.0. The summed E-state index contributed by atoms with van der Waals surface area (Å²) in [6.07, 6.45) is -4.83. The van der Waals surface area contributed by atoms with Gasteiger partial charge in [0.2, 0.25) is 0 Å². The van der Waals surface area contributed by atoms with Gasteiger partial charge < -0.3 is 45.3 Å². The lowest BCUT2D eigenvalue weighted by Crippen LogP contribution is -2.67. The molecular weight excluding hydrogens is 753 g/mol. The van der Waals surface area contributed by atoms with Crippen molar-refractivity contribution in [2.75, 3.05) is 6.61 Å². The van der Waals surface area contributed by atoms with Gasteiger partial charge in [0.25, 0.3) is 0 Å². The molecule has 1 aliphatic rings. The normalized spacial score (nSPS) is 26.0. The van der Waals surface area contributed by atoms with Gasteiger partial charge in [0, 0.05) is 0 Å². The molecule has 0 amide bonds. The molecule has 1 heterocycles. The molecule has 0 aromatic heterocycles. The molecule has 50 heavy (non-hydrogen) atoms. The molecule has 0 N–H and O–H groups in total. The summed E-state index contributed by atoms with van der Waals surface area (Å²) in [5.74, 6) is 0.